The zero-order valence-electron chi connectivity index (χ0n) is 10.1. The van der Waals surface area contributed by atoms with E-state index in [9.17, 15) is 14.0 Å². The quantitative estimate of drug-likeness (QED) is 0.460. The summed E-state index contributed by atoms with van der Waals surface area (Å²) < 4.78 is 18.3. The molecule has 0 saturated heterocycles. The average Bonchev–Trinajstić information content (AvgIpc) is 2.27. The lowest BCUT2D eigenvalue weighted by molar-refractivity contribution is -0.151. The van der Waals surface area contributed by atoms with Crippen molar-refractivity contribution in [1.29, 1.82) is 0 Å². The van der Waals surface area contributed by atoms with Crippen molar-refractivity contribution in [2.45, 2.75) is 33.0 Å². The van der Waals surface area contributed by atoms with E-state index in [0.717, 1.165) is 0 Å². The van der Waals surface area contributed by atoms with Crippen LogP contribution >= 0.6 is 0 Å². The van der Waals surface area contributed by atoms with Gasteiger partial charge in [0.05, 0.1) is 6.10 Å². The van der Waals surface area contributed by atoms with Gasteiger partial charge in [-0.3, -0.25) is 4.79 Å². The van der Waals surface area contributed by atoms with E-state index >= 15 is 0 Å². The van der Waals surface area contributed by atoms with Gasteiger partial charge >= 0.3 is 5.97 Å². The third-order valence-electron chi connectivity index (χ3n) is 2.20. The highest BCUT2D eigenvalue weighted by Crippen LogP contribution is 2.13. The van der Waals surface area contributed by atoms with Gasteiger partial charge in [-0.25, -0.2) is 9.18 Å². The molecule has 0 bridgehead atoms. The van der Waals surface area contributed by atoms with Crippen LogP contribution in [0.25, 0.3) is 0 Å². The van der Waals surface area contributed by atoms with Crippen molar-refractivity contribution in [1.82, 2.24) is 0 Å². The van der Waals surface area contributed by atoms with Crippen molar-refractivity contribution in [3.63, 3.8) is 0 Å². The van der Waals surface area contributed by atoms with E-state index in [2.05, 4.69) is 4.74 Å². The van der Waals surface area contributed by atoms with E-state index in [1.54, 1.807) is 39.0 Å². The van der Waals surface area contributed by atoms with Gasteiger partial charge in [-0.1, -0.05) is 24.3 Å². The minimum Gasteiger partial charge on any atom is -0.460 e. The summed E-state index contributed by atoms with van der Waals surface area (Å²) in [5.74, 6) is -1.98. The molecule has 0 aliphatic rings. The van der Waals surface area contributed by atoms with Crippen LogP contribution in [0.3, 0.4) is 0 Å². The van der Waals surface area contributed by atoms with E-state index in [1.165, 1.54) is 6.07 Å². The molecule has 0 heterocycles. The van der Waals surface area contributed by atoms with Crippen LogP contribution in [0.2, 0.25) is 0 Å². The van der Waals surface area contributed by atoms with E-state index < -0.39 is 24.0 Å². The van der Waals surface area contributed by atoms with Crippen LogP contribution in [0.1, 0.15) is 29.8 Å². The number of ketones is 1. The summed E-state index contributed by atoms with van der Waals surface area (Å²) in [5, 5.41) is 0. The molecule has 1 unspecified atom stereocenters. The molecule has 17 heavy (non-hydrogen) atoms. The highest BCUT2D eigenvalue weighted by Gasteiger charge is 2.29. The van der Waals surface area contributed by atoms with Crippen molar-refractivity contribution < 1.29 is 18.7 Å². The number of Topliss-reactive ketones (excluding diaryl/α,β-unsaturated/α-hetero) is 1. The van der Waals surface area contributed by atoms with Crippen molar-refractivity contribution in [3.8, 4) is 0 Å². The van der Waals surface area contributed by atoms with Gasteiger partial charge in [0.2, 0.25) is 5.78 Å². The number of halogens is 1. The lowest BCUT2D eigenvalue weighted by Crippen LogP contribution is -2.30. The Morgan fingerprint density at radius 3 is 2.35 bits per heavy atom. The third-order valence-corrected chi connectivity index (χ3v) is 2.20. The van der Waals surface area contributed by atoms with Crippen molar-refractivity contribution in [3.05, 3.63) is 35.4 Å². The number of hydrogen-bond acceptors (Lipinski definition) is 3. The van der Waals surface area contributed by atoms with Gasteiger partial charge < -0.3 is 4.74 Å². The Morgan fingerprint density at radius 2 is 1.82 bits per heavy atom. The lowest BCUT2D eigenvalue weighted by Gasteiger charge is -2.11. The molecule has 3 nitrogen and oxygen atoms in total. The second-order valence-corrected chi connectivity index (χ2v) is 4.03. The summed E-state index contributed by atoms with van der Waals surface area (Å²) in [6.07, 6.45) is -2.69. The normalized spacial score (nSPS) is 12.3. The van der Waals surface area contributed by atoms with Gasteiger partial charge in [0, 0.05) is 5.56 Å². The first-order valence-electron chi connectivity index (χ1n) is 5.38. The number of hydrogen-bond donors (Lipinski definition) is 0. The van der Waals surface area contributed by atoms with Crippen LogP contribution in [-0.2, 0) is 9.53 Å². The molecule has 0 aliphatic heterocycles. The van der Waals surface area contributed by atoms with Gasteiger partial charge in [-0.05, 0) is 26.3 Å². The Morgan fingerprint density at radius 1 is 1.24 bits per heavy atom. The Bertz CT molecular complexity index is 426. The zero-order chi connectivity index (χ0) is 13.0. The first-order valence-corrected chi connectivity index (χ1v) is 5.38. The van der Waals surface area contributed by atoms with E-state index in [1.807, 2.05) is 0 Å². The van der Waals surface area contributed by atoms with Crippen LogP contribution in [0, 0.1) is 6.92 Å². The zero-order valence-corrected chi connectivity index (χ0v) is 10.1. The summed E-state index contributed by atoms with van der Waals surface area (Å²) >= 11 is 0. The Labute approximate surface area is 99.6 Å². The molecule has 0 radical (unpaired) electrons. The molecule has 0 aromatic heterocycles. The van der Waals surface area contributed by atoms with Crippen LogP contribution < -0.4 is 0 Å². The van der Waals surface area contributed by atoms with Gasteiger partial charge in [0.25, 0.3) is 6.17 Å². The smallest absolute Gasteiger partial charge is 0.349 e. The van der Waals surface area contributed by atoms with Gasteiger partial charge in [-0.15, -0.1) is 0 Å². The van der Waals surface area contributed by atoms with Crippen molar-refractivity contribution >= 4 is 11.8 Å². The molecule has 92 valence electrons. The fourth-order valence-corrected chi connectivity index (χ4v) is 1.38. The maximum atomic E-state index is 13.6. The summed E-state index contributed by atoms with van der Waals surface area (Å²) in [4.78, 5) is 23.0. The van der Waals surface area contributed by atoms with Crippen LogP contribution in [0.5, 0.6) is 0 Å². The Kier molecular flexibility index (Phi) is 4.37. The Hall–Kier alpha value is -1.71. The van der Waals surface area contributed by atoms with Crippen LogP contribution in [0.15, 0.2) is 24.3 Å². The van der Waals surface area contributed by atoms with E-state index in [0.29, 0.717) is 5.56 Å². The number of alkyl halides is 1. The van der Waals surface area contributed by atoms with Crippen molar-refractivity contribution in [2.75, 3.05) is 0 Å². The second-order valence-electron chi connectivity index (χ2n) is 4.03. The molecular weight excluding hydrogens is 223 g/mol. The maximum Gasteiger partial charge on any atom is 0.349 e. The number of aryl methyl sites for hydroxylation is 1. The number of esters is 1. The summed E-state index contributed by atoms with van der Waals surface area (Å²) in [6, 6.07) is 6.55. The molecule has 4 heteroatoms. The lowest BCUT2D eigenvalue weighted by atomic mass is 10.0. The first-order chi connectivity index (χ1) is 7.93. The van der Waals surface area contributed by atoms with Gasteiger partial charge in [0.1, 0.15) is 0 Å². The molecule has 0 spiro atoms. The summed E-state index contributed by atoms with van der Waals surface area (Å²) in [6.45, 7) is 4.89. The molecule has 0 amide bonds. The van der Waals surface area contributed by atoms with E-state index in [4.69, 9.17) is 0 Å². The maximum absolute atomic E-state index is 13.6. The second kappa shape index (κ2) is 5.57. The molecule has 1 aromatic carbocycles. The average molecular weight is 238 g/mol. The minimum absolute atomic E-state index is 0.209. The van der Waals surface area contributed by atoms with Crippen LogP contribution in [-0.4, -0.2) is 24.0 Å². The largest absolute Gasteiger partial charge is 0.460 e. The fraction of sp³-hybridized carbons (Fsp3) is 0.385. The van der Waals surface area contributed by atoms with Crippen molar-refractivity contribution in [2.24, 2.45) is 0 Å². The van der Waals surface area contributed by atoms with Gasteiger partial charge in [0.15, 0.2) is 0 Å². The minimum atomic E-state index is -2.25. The molecule has 0 aliphatic carbocycles. The molecule has 0 saturated carbocycles. The van der Waals surface area contributed by atoms with E-state index in [-0.39, 0.29) is 5.56 Å². The molecule has 1 atom stereocenters. The number of carbonyl (C=O) groups excluding carboxylic acids is 2. The monoisotopic (exact) mass is 238 g/mol. The van der Waals surface area contributed by atoms with Crippen LogP contribution in [0.4, 0.5) is 4.39 Å². The molecule has 1 rings (SSSR count). The summed E-state index contributed by atoms with van der Waals surface area (Å²) in [7, 11) is 0. The molecule has 1 aromatic rings. The highest BCUT2D eigenvalue weighted by molar-refractivity contribution is 6.11. The number of rotatable bonds is 4. The molecule has 0 N–H and O–H groups in total. The molecule has 0 fully saturated rings. The molecular formula is C13H15FO3. The SMILES string of the molecule is Cc1ccccc1C(=O)C(F)C(=O)OC(C)C. The predicted octanol–water partition coefficient (Wildman–Crippen LogP) is 2.47. The Balaban J connectivity index is 2.84. The topological polar surface area (TPSA) is 43.4 Å². The standard InChI is InChI=1S/C13H15FO3/c1-8(2)17-13(16)11(14)12(15)10-7-5-4-6-9(10)3/h4-8,11H,1-3H3. The third kappa shape index (κ3) is 3.37. The van der Waals surface area contributed by atoms with Gasteiger partial charge in [-0.2, -0.15) is 0 Å². The highest BCUT2D eigenvalue weighted by atomic mass is 19.1. The number of benzene rings is 1. The first kappa shape index (κ1) is 13.4. The predicted molar refractivity (Wildman–Crippen MR) is 61.6 cm³/mol. The number of ether oxygens (including phenoxy) is 1. The fourth-order valence-electron chi connectivity index (χ4n) is 1.38. The number of carbonyl (C=O) groups is 2. The summed E-state index contributed by atoms with van der Waals surface area (Å²) in [5.41, 5.74) is 0.846.